The Labute approximate surface area is 170 Å². The zero-order chi connectivity index (χ0) is 20.2. The summed E-state index contributed by atoms with van der Waals surface area (Å²) >= 11 is 0. The number of ether oxygens (including phenoxy) is 2. The first kappa shape index (κ1) is 19.1. The van der Waals surface area contributed by atoms with Crippen molar-refractivity contribution in [3.05, 3.63) is 48.0 Å². The first-order valence-electron chi connectivity index (χ1n) is 9.85. The highest BCUT2D eigenvalue weighted by Crippen LogP contribution is 2.30. The molecule has 4 rings (SSSR count). The molecule has 2 aliphatic heterocycles. The van der Waals surface area contributed by atoms with Crippen LogP contribution in [0.2, 0.25) is 0 Å². The van der Waals surface area contributed by atoms with E-state index in [0.29, 0.717) is 37.4 Å². The van der Waals surface area contributed by atoms with E-state index in [1.54, 1.807) is 7.11 Å². The largest absolute Gasteiger partial charge is 0.495 e. The fraction of sp³-hybridized carbons (Fsp3) is 0.364. The number of methoxy groups -OCH3 is 1. The Balaban J connectivity index is 1.30. The first-order chi connectivity index (χ1) is 14.1. The fourth-order valence-corrected chi connectivity index (χ4v) is 3.78. The number of piperazine rings is 1. The predicted octanol–water partition coefficient (Wildman–Crippen LogP) is 2.31. The van der Waals surface area contributed by atoms with Gasteiger partial charge in [0.25, 0.3) is 5.91 Å². The third kappa shape index (κ3) is 4.29. The number of carbonyl (C=O) groups is 2. The zero-order valence-corrected chi connectivity index (χ0v) is 16.5. The molecule has 0 spiro atoms. The second-order valence-corrected chi connectivity index (χ2v) is 7.21. The van der Waals surface area contributed by atoms with E-state index in [4.69, 9.17) is 9.47 Å². The minimum Gasteiger partial charge on any atom is -0.495 e. The molecule has 2 amide bonds. The molecule has 29 heavy (non-hydrogen) atoms. The minimum absolute atomic E-state index is 0.0473. The average molecular weight is 395 g/mol. The smallest absolute Gasteiger partial charge is 0.262 e. The van der Waals surface area contributed by atoms with Gasteiger partial charge in [-0.3, -0.25) is 9.59 Å². The van der Waals surface area contributed by atoms with Crippen molar-refractivity contribution in [2.45, 2.75) is 12.8 Å². The number of rotatable bonds is 5. The molecule has 0 radical (unpaired) electrons. The van der Waals surface area contributed by atoms with Gasteiger partial charge in [-0.15, -0.1) is 0 Å². The van der Waals surface area contributed by atoms with Crippen LogP contribution >= 0.6 is 0 Å². The van der Waals surface area contributed by atoms with Gasteiger partial charge >= 0.3 is 0 Å². The Hall–Kier alpha value is -3.22. The molecular formula is C22H25N3O4. The molecular weight excluding hydrogens is 370 g/mol. The highest BCUT2D eigenvalue weighted by molar-refractivity contribution is 5.95. The van der Waals surface area contributed by atoms with Crippen LogP contribution in [0.15, 0.2) is 42.5 Å². The normalized spacial score (nSPS) is 16.0. The molecule has 0 aliphatic carbocycles. The fourth-order valence-electron chi connectivity index (χ4n) is 3.78. The number of nitrogens with zero attached hydrogens (tertiary/aromatic N) is 2. The standard InChI is InChI=1S/C22H25N3O4/c1-28-20-5-3-2-4-18(20)24-10-12-25(13-11-24)22(27)9-7-16-6-8-19-17(14-16)23-21(26)15-29-19/h2-6,8,14H,7,9-13,15H2,1H3,(H,23,26). The molecule has 1 N–H and O–H groups in total. The van der Waals surface area contributed by atoms with Gasteiger partial charge in [0.2, 0.25) is 5.91 Å². The third-order valence-corrected chi connectivity index (χ3v) is 5.36. The van der Waals surface area contributed by atoms with E-state index >= 15 is 0 Å². The Morgan fingerprint density at radius 1 is 1.14 bits per heavy atom. The Morgan fingerprint density at radius 3 is 2.72 bits per heavy atom. The maximum atomic E-state index is 12.7. The van der Waals surface area contributed by atoms with Crippen LogP contribution in [0.5, 0.6) is 11.5 Å². The quantitative estimate of drug-likeness (QED) is 0.841. The second kappa shape index (κ2) is 8.43. The molecule has 152 valence electrons. The Kier molecular flexibility index (Phi) is 5.55. The highest BCUT2D eigenvalue weighted by Gasteiger charge is 2.23. The SMILES string of the molecule is COc1ccccc1N1CCN(C(=O)CCc2ccc3c(c2)NC(=O)CO3)CC1. The van der Waals surface area contributed by atoms with E-state index in [9.17, 15) is 9.59 Å². The molecule has 0 bridgehead atoms. The summed E-state index contributed by atoms with van der Waals surface area (Å²) in [5.41, 5.74) is 2.76. The Morgan fingerprint density at radius 2 is 1.93 bits per heavy atom. The number of amides is 2. The molecule has 2 aromatic carbocycles. The first-order valence-corrected chi connectivity index (χ1v) is 9.85. The molecule has 1 fully saturated rings. The molecule has 7 nitrogen and oxygen atoms in total. The molecule has 2 aliphatic rings. The third-order valence-electron chi connectivity index (χ3n) is 5.36. The summed E-state index contributed by atoms with van der Waals surface area (Å²) in [4.78, 5) is 28.3. The van der Waals surface area contributed by atoms with Crippen molar-refractivity contribution in [3.8, 4) is 11.5 Å². The van der Waals surface area contributed by atoms with Gasteiger partial charge in [0.1, 0.15) is 11.5 Å². The molecule has 0 atom stereocenters. The molecule has 1 saturated heterocycles. The number of para-hydroxylation sites is 2. The van der Waals surface area contributed by atoms with Gasteiger partial charge in [-0.2, -0.15) is 0 Å². The van der Waals surface area contributed by atoms with Crippen LogP contribution in [0.3, 0.4) is 0 Å². The lowest BCUT2D eigenvalue weighted by Crippen LogP contribution is -2.48. The van der Waals surface area contributed by atoms with Crippen LogP contribution in [0.25, 0.3) is 0 Å². The van der Waals surface area contributed by atoms with Crippen LogP contribution in [-0.4, -0.2) is 56.6 Å². The number of carbonyl (C=O) groups excluding carboxylic acids is 2. The van der Waals surface area contributed by atoms with Gasteiger partial charge in [-0.1, -0.05) is 18.2 Å². The molecule has 0 aromatic heterocycles. The Bertz CT molecular complexity index is 907. The summed E-state index contributed by atoms with van der Waals surface area (Å²) in [7, 11) is 1.68. The summed E-state index contributed by atoms with van der Waals surface area (Å²) in [6.45, 7) is 3.02. The monoisotopic (exact) mass is 395 g/mol. The van der Waals surface area contributed by atoms with Gasteiger partial charge in [0, 0.05) is 32.6 Å². The van der Waals surface area contributed by atoms with Crippen molar-refractivity contribution in [2.24, 2.45) is 0 Å². The van der Waals surface area contributed by atoms with E-state index < -0.39 is 0 Å². The zero-order valence-electron chi connectivity index (χ0n) is 16.5. The topological polar surface area (TPSA) is 71.1 Å². The summed E-state index contributed by atoms with van der Waals surface area (Å²) in [6.07, 6.45) is 1.08. The van der Waals surface area contributed by atoms with Gasteiger partial charge in [0.05, 0.1) is 18.5 Å². The number of anilines is 2. The van der Waals surface area contributed by atoms with Crippen LogP contribution in [0.1, 0.15) is 12.0 Å². The van der Waals surface area contributed by atoms with E-state index in [1.165, 1.54) is 0 Å². The summed E-state index contributed by atoms with van der Waals surface area (Å²) in [6, 6.07) is 13.7. The summed E-state index contributed by atoms with van der Waals surface area (Å²) < 4.78 is 10.8. The second-order valence-electron chi connectivity index (χ2n) is 7.21. The molecule has 0 saturated carbocycles. The van der Waals surface area contributed by atoms with Gasteiger partial charge < -0.3 is 24.6 Å². The van der Waals surface area contributed by atoms with E-state index in [2.05, 4.69) is 16.3 Å². The maximum absolute atomic E-state index is 12.7. The van der Waals surface area contributed by atoms with Crippen molar-refractivity contribution in [2.75, 3.05) is 50.1 Å². The number of hydrogen-bond donors (Lipinski definition) is 1. The van der Waals surface area contributed by atoms with E-state index in [1.807, 2.05) is 41.3 Å². The van der Waals surface area contributed by atoms with Crippen molar-refractivity contribution in [1.29, 1.82) is 0 Å². The summed E-state index contributed by atoms with van der Waals surface area (Å²) in [5.74, 6) is 1.53. The number of fused-ring (bicyclic) bond motifs is 1. The minimum atomic E-state index is -0.154. The van der Waals surface area contributed by atoms with Crippen LogP contribution in [0, 0.1) is 0 Å². The van der Waals surface area contributed by atoms with Crippen molar-refractivity contribution < 1.29 is 19.1 Å². The van der Waals surface area contributed by atoms with Crippen LogP contribution in [-0.2, 0) is 16.0 Å². The van der Waals surface area contributed by atoms with Gasteiger partial charge in [-0.25, -0.2) is 0 Å². The van der Waals surface area contributed by atoms with Crippen LogP contribution in [0.4, 0.5) is 11.4 Å². The lowest BCUT2D eigenvalue weighted by atomic mass is 10.1. The van der Waals surface area contributed by atoms with Crippen molar-refractivity contribution in [1.82, 2.24) is 4.90 Å². The number of nitrogens with one attached hydrogen (secondary N) is 1. The predicted molar refractivity (Wildman–Crippen MR) is 111 cm³/mol. The van der Waals surface area contributed by atoms with Crippen LogP contribution < -0.4 is 19.7 Å². The van der Waals surface area contributed by atoms with Crippen molar-refractivity contribution >= 4 is 23.2 Å². The van der Waals surface area contributed by atoms with Gasteiger partial charge in [-0.05, 0) is 36.2 Å². The van der Waals surface area contributed by atoms with Gasteiger partial charge in [0.15, 0.2) is 6.61 Å². The average Bonchev–Trinajstić information content (AvgIpc) is 2.77. The van der Waals surface area contributed by atoms with E-state index in [0.717, 1.165) is 30.1 Å². The number of aryl methyl sites for hydroxylation is 1. The lowest BCUT2D eigenvalue weighted by Gasteiger charge is -2.36. The highest BCUT2D eigenvalue weighted by atomic mass is 16.5. The molecule has 0 unspecified atom stereocenters. The summed E-state index contributed by atoms with van der Waals surface area (Å²) in [5, 5.41) is 2.81. The lowest BCUT2D eigenvalue weighted by molar-refractivity contribution is -0.131. The molecule has 2 heterocycles. The maximum Gasteiger partial charge on any atom is 0.262 e. The number of hydrogen-bond acceptors (Lipinski definition) is 5. The molecule has 7 heteroatoms. The van der Waals surface area contributed by atoms with E-state index in [-0.39, 0.29) is 18.4 Å². The number of benzene rings is 2. The molecule has 2 aromatic rings. The van der Waals surface area contributed by atoms with Crippen molar-refractivity contribution in [3.63, 3.8) is 0 Å².